The molecule has 10 heteroatoms. The van der Waals surface area contributed by atoms with Crippen molar-refractivity contribution in [2.75, 3.05) is 13.2 Å². The van der Waals surface area contributed by atoms with Gasteiger partial charge in [0.2, 0.25) is 0 Å². The van der Waals surface area contributed by atoms with E-state index in [2.05, 4.69) is 10.0 Å². The molecule has 0 N–H and O–H groups in total. The van der Waals surface area contributed by atoms with E-state index in [1.807, 2.05) is 27.7 Å². The van der Waals surface area contributed by atoms with E-state index in [4.69, 9.17) is 19.6 Å². The van der Waals surface area contributed by atoms with Crippen molar-refractivity contribution in [1.82, 2.24) is 0 Å². The first-order chi connectivity index (χ1) is 15.0. The predicted octanol–water partition coefficient (Wildman–Crippen LogP) is 5.75. The molecule has 1 aromatic carbocycles. The van der Waals surface area contributed by atoms with Crippen molar-refractivity contribution < 1.29 is 27.6 Å². The van der Waals surface area contributed by atoms with E-state index in [1.165, 1.54) is 6.92 Å². The van der Waals surface area contributed by atoms with Crippen molar-refractivity contribution in [3.63, 3.8) is 0 Å². The first-order valence-electron chi connectivity index (χ1n) is 10.7. The number of esters is 1. The number of rotatable bonds is 10. The molecule has 0 atom stereocenters. The van der Waals surface area contributed by atoms with Gasteiger partial charge in [-0.1, -0.05) is 35.4 Å². The average molecular weight is 449 g/mol. The first-order valence-corrected chi connectivity index (χ1v) is 10.7. The second-order valence-corrected chi connectivity index (χ2v) is 8.55. The topological polar surface area (TPSA) is 93.5 Å². The fourth-order valence-electron chi connectivity index (χ4n) is 3.37. The summed E-state index contributed by atoms with van der Waals surface area (Å²) in [6, 6.07) is 8.59. The SMILES string of the molecule is CCOC(=O)C(F)(F)/C(CCCCN=[N+]=[N-])=C(/B1OC(C)(C)C(C)(C)O1)c1ccccc1. The van der Waals surface area contributed by atoms with Crippen molar-refractivity contribution in [2.45, 2.75) is 71.0 Å². The van der Waals surface area contributed by atoms with Crippen LogP contribution in [0.15, 0.2) is 41.0 Å². The van der Waals surface area contributed by atoms with Crippen molar-refractivity contribution in [3.8, 4) is 0 Å². The lowest BCUT2D eigenvalue weighted by molar-refractivity contribution is -0.166. The summed E-state index contributed by atoms with van der Waals surface area (Å²) in [6.45, 7) is 8.81. The number of ether oxygens (including phenoxy) is 1. The third kappa shape index (κ3) is 5.68. The molecule has 1 fully saturated rings. The summed E-state index contributed by atoms with van der Waals surface area (Å²) >= 11 is 0. The van der Waals surface area contributed by atoms with Gasteiger partial charge in [0.1, 0.15) is 0 Å². The van der Waals surface area contributed by atoms with Crippen LogP contribution in [0.5, 0.6) is 0 Å². The Balaban J connectivity index is 2.63. The van der Waals surface area contributed by atoms with Gasteiger partial charge in [-0.25, -0.2) is 4.79 Å². The van der Waals surface area contributed by atoms with E-state index < -0.39 is 35.8 Å². The van der Waals surface area contributed by atoms with Crippen LogP contribution in [0.2, 0.25) is 0 Å². The Morgan fingerprint density at radius 1 is 1.16 bits per heavy atom. The highest BCUT2D eigenvalue weighted by molar-refractivity contribution is 6.69. The Bertz CT molecular complexity index is 868. The molecular formula is C22H30BF2N3O4. The van der Waals surface area contributed by atoms with E-state index in [9.17, 15) is 4.79 Å². The van der Waals surface area contributed by atoms with Gasteiger partial charge in [-0.05, 0) is 70.4 Å². The highest BCUT2D eigenvalue weighted by Crippen LogP contribution is 2.44. The molecule has 0 aromatic heterocycles. The maximum Gasteiger partial charge on any atom is 0.495 e. The van der Waals surface area contributed by atoms with E-state index in [0.29, 0.717) is 12.0 Å². The third-order valence-corrected chi connectivity index (χ3v) is 5.81. The van der Waals surface area contributed by atoms with E-state index >= 15 is 8.78 Å². The lowest BCUT2D eigenvalue weighted by atomic mass is 9.69. The van der Waals surface area contributed by atoms with Crippen molar-refractivity contribution >= 4 is 18.6 Å². The van der Waals surface area contributed by atoms with Crippen LogP contribution in [-0.2, 0) is 18.8 Å². The van der Waals surface area contributed by atoms with Crippen LogP contribution in [0.4, 0.5) is 8.78 Å². The van der Waals surface area contributed by atoms with Gasteiger partial charge >= 0.3 is 19.0 Å². The highest BCUT2D eigenvalue weighted by atomic mass is 19.3. The Labute approximate surface area is 187 Å². The van der Waals surface area contributed by atoms with Gasteiger partial charge in [0.25, 0.3) is 0 Å². The number of carbonyl (C=O) groups excluding carboxylic acids is 1. The molecule has 1 aromatic rings. The van der Waals surface area contributed by atoms with Gasteiger partial charge in [0.05, 0.1) is 17.8 Å². The third-order valence-electron chi connectivity index (χ3n) is 5.81. The number of hydrogen-bond donors (Lipinski definition) is 0. The summed E-state index contributed by atoms with van der Waals surface area (Å²) in [5.41, 5.74) is 7.10. The second kappa shape index (κ2) is 10.5. The minimum atomic E-state index is -3.89. The van der Waals surface area contributed by atoms with E-state index in [0.717, 1.165) is 0 Å². The van der Waals surface area contributed by atoms with Crippen molar-refractivity contribution in [1.29, 1.82) is 0 Å². The number of carbonyl (C=O) groups is 1. The van der Waals surface area contributed by atoms with E-state index in [1.54, 1.807) is 30.3 Å². The predicted molar refractivity (Wildman–Crippen MR) is 119 cm³/mol. The Morgan fingerprint density at radius 2 is 1.75 bits per heavy atom. The molecule has 7 nitrogen and oxygen atoms in total. The van der Waals surface area contributed by atoms with E-state index in [-0.39, 0.29) is 31.5 Å². The molecule has 0 amide bonds. The highest BCUT2D eigenvalue weighted by Gasteiger charge is 2.55. The maximum absolute atomic E-state index is 15.5. The van der Waals surface area contributed by atoms with Crippen LogP contribution >= 0.6 is 0 Å². The molecule has 0 saturated carbocycles. The Morgan fingerprint density at radius 3 is 2.28 bits per heavy atom. The summed E-state index contributed by atoms with van der Waals surface area (Å²) < 4.78 is 47.9. The monoisotopic (exact) mass is 449 g/mol. The lowest BCUT2D eigenvalue weighted by Crippen LogP contribution is -2.41. The zero-order chi connectivity index (χ0) is 24.0. The summed E-state index contributed by atoms with van der Waals surface area (Å²) in [5, 5.41) is 3.45. The molecule has 2 rings (SSSR count). The fraction of sp³-hybridized carbons (Fsp3) is 0.591. The van der Waals surface area contributed by atoms with Crippen LogP contribution < -0.4 is 0 Å². The summed E-state index contributed by atoms with van der Waals surface area (Å²) in [6.07, 6.45) is 0.540. The van der Waals surface area contributed by atoms with Crippen LogP contribution in [0.25, 0.3) is 15.9 Å². The number of hydrogen-bond acceptors (Lipinski definition) is 5. The van der Waals surface area contributed by atoms with Crippen molar-refractivity contribution in [2.24, 2.45) is 5.11 Å². The zero-order valence-corrected chi connectivity index (χ0v) is 19.2. The molecule has 1 saturated heterocycles. The number of unbranched alkanes of at least 4 members (excludes halogenated alkanes) is 1. The molecule has 0 aliphatic carbocycles. The normalized spacial score (nSPS) is 18.0. The smallest absolute Gasteiger partial charge is 0.461 e. The van der Waals surface area contributed by atoms with Crippen LogP contribution in [0.1, 0.15) is 59.4 Å². The van der Waals surface area contributed by atoms with Crippen LogP contribution in [0.3, 0.4) is 0 Å². The molecule has 0 bridgehead atoms. The zero-order valence-electron chi connectivity index (χ0n) is 19.2. The van der Waals surface area contributed by atoms with Gasteiger partial charge in [-0.15, -0.1) is 0 Å². The summed E-state index contributed by atoms with van der Waals surface area (Å²) in [4.78, 5) is 15.0. The van der Waals surface area contributed by atoms with Gasteiger partial charge in [0, 0.05) is 17.0 Å². The molecule has 1 aliphatic heterocycles. The van der Waals surface area contributed by atoms with Crippen LogP contribution in [0, 0.1) is 0 Å². The van der Waals surface area contributed by atoms with Gasteiger partial charge in [0.15, 0.2) is 0 Å². The van der Waals surface area contributed by atoms with Gasteiger partial charge < -0.3 is 14.0 Å². The van der Waals surface area contributed by atoms with Crippen LogP contribution in [-0.4, -0.2) is 43.4 Å². The molecule has 0 unspecified atom stereocenters. The molecule has 32 heavy (non-hydrogen) atoms. The first kappa shape index (κ1) is 25.8. The Kier molecular flexibility index (Phi) is 8.45. The molecule has 1 aliphatic rings. The molecule has 174 valence electrons. The minimum absolute atomic E-state index is 0.117. The Hall–Kier alpha value is -2.42. The second-order valence-electron chi connectivity index (χ2n) is 8.55. The molecule has 1 heterocycles. The molecule has 0 spiro atoms. The molecular weight excluding hydrogens is 419 g/mol. The lowest BCUT2D eigenvalue weighted by Gasteiger charge is -2.32. The fourth-order valence-corrected chi connectivity index (χ4v) is 3.37. The quantitative estimate of drug-likeness (QED) is 0.114. The molecule has 0 radical (unpaired) electrons. The van der Waals surface area contributed by atoms with Crippen molar-refractivity contribution in [3.05, 3.63) is 51.9 Å². The summed E-state index contributed by atoms with van der Waals surface area (Å²) in [7, 11) is -1.10. The number of halogens is 2. The average Bonchev–Trinajstić information content (AvgIpc) is 2.94. The van der Waals surface area contributed by atoms with Gasteiger partial charge in [-0.2, -0.15) is 8.78 Å². The largest absolute Gasteiger partial charge is 0.495 e. The number of alkyl halides is 2. The number of azide groups is 1. The number of benzene rings is 1. The maximum atomic E-state index is 15.5. The number of nitrogens with zero attached hydrogens (tertiary/aromatic N) is 3. The van der Waals surface area contributed by atoms with Gasteiger partial charge in [-0.3, -0.25) is 0 Å². The standard InChI is InChI=1S/C22H30BF2N3O4/c1-6-30-19(29)22(24,25)17(14-10-11-15-27-28-26)18(16-12-8-7-9-13-16)23-31-20(2,3)21(4,5)32-23/h7-9,12-13H,6,10-11,14-15H2,1-5H3/b18-17+. The summed E-state index contributed by atoms with van der Waals surface area (Å²) in [5.74, 6) is -5.50. The minimum Gasteiger partial charge on any atom is -0.461 e.